The van der Waals surface area contributed by atoms with Gasteiger partial charge in [-0.05, 0) is 17.7 Å². The van der Waals surface area contributed by atoms with Crippen molar-refractivity contribution in [2.75, 3.05) is 12.0 Å². The standard InChI is InChI=1S/C12H15BrN2O/c1-12(2,6-14-7-13)9-3-4-10-11(5-9)16-8-15-10/h3-5,8,14H,6-7H2,1-2H3. The second kappa shape index (κ2) is 4.55. The first-order valence-corrected chi connectivity index (χ1v) is 6.36. The summed E-state index contributed by atoms with van der Waals surface area (Å²) in [7, 11) is 0. The highest BCUT2D eigenvalue weighted by Gasteiger charge is 2.20. The van der Waals surface area contributed by atoms with Crippen molar-refractivity contribution < 1.29 is 4.42 Å². The number of halogens is 1. The minimum absolute atomic E-state index is 0.0781. The molecule has 1 aromatic heterocycles. The van der Waals surface area contributed by atoms with Gasteiger partial charge in [0.2, 0.25) is 0 Å². The number of nitrogens with zero attached hydrogens (tertiary/aromatic N) is 1. The molecule has 0 amide bonds. The lowest BCUT2D eigenvalue weighted by Gasteiger charge is -2.25. The molecule has 0 spiro atoms. The number of hydrogen-bond donors (Lipinski definition) is 1. The third kappa shape index (κ3) is 2.28. The Kier molecular flexibility index (Phi) is 3.30. The zero-order valence-corrected chi connectivity index (χ0v) is 11.0. The summed E-state index contributed by atoms with van der Waals surface area (Å²) in [5.41, 5.74) is 3.90. The normalized spacial score (nSPS) is 12.2. The lowest BCUT2D eigenvalue weighted by molar-refractivity contribution is 0.490. The number of benzene rings is 1. The lowest BCUT2D eigenvalue weighted by Crippen LogP contribution is -2.32. The molecule has 3 nitrogen and oxygen atoms in total. The highest BCUT2D eigenvalue weighted by Crippen LogP contribution is 2.25. The molecule has 4 heteroatoms. The van der Waals surface area contributed by atoms with Crippen molar-refractivity contribution in [2.24, 2.45) is 0 Å². The summed E-state index contributed by atoms with van der Waals surface area (Å²) >= 11 is 3.37. The van der Waals surface area contributed by atoms with E-state index in [0.29, 0.717) is 0 Å². The van der Waals surface area contributed by atoms with Crippen molar-refractivity contribution in [3.05, 3.63) is 30.2 Å². The van der Waals surface area contributed by atoms with Crippen LogP contribution < -0.4 is 5.32 Å². The number of aromatic nitrogens is 1. The van der Waals surface area contributed by atoms with E-state index in [1.165, 1.54) is 12.0 Å². The van der Waals surface area contributed by atoms with Gasteiger partial charge in [-0.15, -0.1) is 0 Å². The van der Waals surface area contributed by atoms with Gasteiger partial charge in [0.15, 0.2) is 12.0 Å². The Bertz CT molecular complexity index is 479. The molecule has 0 bridgehead atoms. The average Bonchev–Trinajstić information content (AvgIpc) is 2.73. The van der Waals surface area contributed by atoms with Crippen LogP contribution in [0, 0.1) is 0 Å². The molecule has 0 atom stereocenters. The number of fused-ring (bicyclic) bond motifs is 1. The Labute approximate surface area is 103 Å². The van der Waals surface area contributed by atoms with Crippen LogP contribution in [-0.2, 0) is 5.41 Å². The summed E-state index contributed by atoms with van der Waals surface area (Å²) in [6, 6.07) is 6.18. The predicted molar refractivity (Wildman–Crippen MR) is 68.8 cm³/mol. The van der Waals surface area contributed by atoms with Crippen LogP contribution in [0.25, 0.3) is 11.1 Å². The third-order valence-corrected chi connectivity index (χ3v) is 3.17. The Morgan fingerprint density at radius 3 is 3.00 bits per heavy atom. The van der Waals surface area contributed by atoms with Gasteiger partial charge in [0.05, 0.1) is 5.45 Å². The number of hydrogen-bond acceptors (Lipinski definition) is 3. The monoisotopic (exact) mass is 282 g/mol. The van der Waals surface area contributed by atoms with Crippen molar-refractivity contribution in [1.29, 1.82) is 0 Å². The van der Waals surface area contributed by atoms with Crippen LogP contribution in [0.2, 0.25) is 0 Å². The molecule has 0 unspecified atom stereocenters. The van der Waals surface area contributed by atoms with Crippen LogP contribution in [0.1, 0.15) is 19.4 Å². The molecule has 2 rings (SSSR count). The number of rotatable bonds is 4. The van der Waals surface area contributed by atoms with Crippen LogP contribution in [0.5, 0.6) is 0 Å². The predicted octanol–water partition coefficient (Wildman–Crippen LogP) is 3.05. The van der Waals surface area contributed by atoms with E-state index in [2.05, 4.69) is 52.2 Å². The van der Waals surface area contributed by atoms with Gasteiger partial charge in [-0.25, -0.2) is 4.98 Å². The topological polar surface area (TPSA) is 38.1 Å². The maximum atomic E-state index is 5.32. The van der Waals surface area contributed by atoms with Gasteiger partial charge in [-0.1, -0.05) is 35.8 Å². The van der Waals surface area contributed by atoms with E-state index >= 15 is 0 Å². The smallest absolute Gasteiger partial charge is 0.181 e. The maximum Gasteiger partial charge on any atom is 0.181 e. The second-order valence-electron chi connectivity index (χ2n) is 4.48. The molecule has 1 heterocycles. The number of alkyl halides is 1. The fourth-order valence-corrected chi connectivity index (χ4v) is 1.94. The minimum Gasteiger partial charge on any atom is -0.443 e. The second-order valence-corrected chi connectivity index (χ2v) is 5.04. The van der Waals surface area contributed by atoms with Crippen LogP contribution in [0.3, 0.4) is 0 Å². The van der Waals surface area contributed by atoms with Gasteiger partial charge in [-0.3, -0.25) is 0 Å². The summed E-state index contributed by atoms with van der Waals surface area (Å²) in [5.74, 6) is 0. The Morgan fingerprint density at radius 1 is 1.44 bits per heavy atom. The summed E-state index contributed by atoms with van der Waals surface area (Å²) in [6.07, 6.45) is 1.48. The summed E-state index contributed by atoms with van der Waals surface area (Å²) in [5, 5.41) is 3.30. The van der Waals surface area contributed by atoms with Crippen molar-refractivity contribution in [3.63, 3.8) is 0 Å². The van der Waals surface area contributed by atoms with Gasteiger partial charge in [0.1, 0.15) is 5.52 Å². The molecule has 0 fully saturated rings. The highest BCUT2D eigenvalue weighted by atomic mass is 79.9. The molecule has 2 aromatic rings. The Balaban J connectivity index is 2.30. The van der Waals surface area contributed by atoms with Crippen LogP contribution in [0.4, 0.5) is 0 Å². The molecular formula is C12H15BrN2O. The molecular weight excluding hydrogens is 268 g/mol. The van der Waals surface area contributed by atoms with Crippen LogP contribution in [-0.4, -0.2) is 17.0 Å². The molecule has 0 saturated heterocycles. The molecule has 86 valence electrons. The van der Waals surface area contributed by atoms with Crippen LogP contribution >= 0.6 is 15.9 Å². The Morgan fingerprint density at radius 2 is 2.25 bits per heavy atom. The van der Waals surface area contributed by atoms with Gasteiger partial charge >= 0.3 is 0 Å². The van der Waals surface area contributed by atoms with Crippen LogP contribution in [0.15, 0.2) is 29.0 Å². The molecule has 1 aromatic carbocycles. The quantitative estimate of drug-likeness (QED) is 0.692. The zero-order valence-electron chi connectivity index (χ0n) is 9.46. The van der Waals surface area contributed by atoms with E-state index in [4.69, 9.17) is 4.42 Å². The van der Waals surface area contributed by atoms with Crippen molar-refractivity contribution in [2.45, 2.75) is 19.3 Å². The third-order valence-electron chi connectivity index (χ3n) is 2.77. The van der Waals surface area contributed by atoms with E-state index < -0.39 is 0 Å². The first-order chi connectivity index (χ1) is 7.63. The fourth-order valence-electron chi connectivity index (χ4n) is 1.74. The van der Waals surface area contributed by atoms with Crippen molar-refractivity contribution in [1.82, 2.24) is 10.3 Å². The zero-order chi connectivity index (χ0) is 11.6. The molecule has 0 aliphatic rings. The molecule has 0 radical (unpaired) electrons. The first kappa shape index (κ1) is 11.6. The maximum absolute atomic E-state index is 5.32. The van der Waals surface area contributed by atoms with E-state index in [-0.39, 0.29) is 5.41 Å². The first-order valence-electron chi connectivity index (χ1n) is 5.24. The van der Waals surface area contributed by atoms with E-state index in [0.717, 1.165) is 23.1 Å². The van der Waals surface area contributed by atoms with Gasteiger partial charge in [-0.2, -0.15) is 0 Å². The molecule has 1 N–H and O–H groups in total. The van der Waals surface area contributed by atoms with E-state index in [9.17, 15) is 0 Å². The van der Waals surface area contributed by atoms with E-state index in [1.54, 1.807) is 0 Å². The molecule has 0 aliphatic carbocycles. The van der Waals surface area contributed by atoms with Crippen molar-refractivity contribution >= 4 is 27.0 Å². The SMILES string of the molecule is CC(C)(CNCBr)c1ccc2ncoc2c1. The van der Waals surface area contributed by atoms with E-state index in [1.807, 2.05) is 6.07 Å². The number of nitrogens with one attached hydrogen (secondary N) is 1. The molecule has 16 heavy (non-hydrogen) atoms. The van der Waals surface area contributed by atoms with Gasteiger partial charge < -0.3 is 9.73 Å². The lowest BCUT2D eigenvalue weighted by atomic mass is 9.84. The molecule has 0 saturated carbocycles. The largest absolute Gasteiger partial charge is 0.443 e. The minimum atomic E-state index is 0.0781. The van der Waals surface area contributed by atoms with Gasteiger partial charge in [0.25, 0.3) is 0 Å². The summed E-state index contributed by atoms with van der Waals surface area (Å²) < 4.78 is 5.32. The number of oxazole rings is 1. The fraction of sp³-hybridized carbons (Fsp3) is 0.417. The highest BCUT2D eigenvalue weighted by molar-refractivity contribution is 9.09. The summed E-state index contributed by atoms with van der Waals surface area (Å²) in [4.78, 5) is 4.11. The van der Waals surface area contributed by atoms with Gasteiger partial charge in [0, 0.05) is 12.0 Å². The molecule has 0 aliphatic heterocycles. The average molecular weight is 283 g/mol. The van der Waals surface area contributed by atoms with Crippen molar-refractivity contribution in [3.8, 4) is 0 Å². The summed E-state index contributed by atoms with van der Waals surface area (Å²) in [6.45, 7) is 5.33. The Hall–Kier alpha value is -0.870.